The molecule has 0 heterocycles. The first-order chi connectivity index (χ1) is 11.6. The fourth-order valence-electron chi connectivity index (χ4n) is 2.95. The first-order valence-corrected chi connectivity index (χ1v) is 10.00. The van der Waals surface area contributed by atoms with Crippen molar-refractivity contribution in [3.05, 3.63) is 12.2 Å². The standard InChI is InChI=1S/C20H39NO3/c1-3-5-6-7-8-9-10-11-12-13-14-15-16-17-18-19(4-2)20(22)21(23)24/h11-12,19,23-24H,3-10,13-18H2,1-2H3. The van der Waals surface area contributed by atoms with Gasteiger partial charge in [-0.2, -0.15) is 0 Å². The van der Waals surface area contributed by atoms with Gasteiger partial charge in [-0.15, -0.1) is 0 Å². The summed E-state index contributed by atoms with van der Waals surface area (Å²) in [4.78, 5) is 11.5. The second kappa shape index (κ2) is 17.0. The molecule has 4 nitrogen and oxygen atoms in total. The van der Waals surface area contributed by atoms with Crippen LogP contribution in [0.2, 0.25) is 0 Å². The Balaban J connectivity index is 3.41. The van der Waals surface area contributed by atoms with Crippen LogP contribution in [0.5, 0.6) is 0 Å². The summed E-state index contributed by atoms with van der Waals surface area (Å²) in [5.41, 5.74) is 0. The third kappa shape index (κ3) is 13.6. The Labute approximate surface area is 148 Å². The molecule has 0 rings (SSSR count). The van der Waals surface area contributed by atoms with Crippen molar-refractivity contribution >= 4 is 5.91 Å². The highest BCUT2D eigenvalue weighted by atomic mass is 16.8. The van der Waals surface area contributed by atoms with Crippen molar-refractivity contribution in [2.45, 2.75) is 104 Å². The molecule has 1 unspecified atom stereocenters. The van der Waals surface area contributed by atoms with Crippen LogP contribution >= 0.6 is 0 Å². The molecule has 0 aliphatic carbocycles. The van der Waals surface area contributed by atoms with E-state index in [1.807, 2.05) is 6.92 Å². The number of nitrogens with zero attached hydrogens (tertiary/aromatic N) is 1. The van der Waals surface area contributed by atoms with E-state index in [-0.39, 0.29) is 11.1 Å². The molecular formula is C20H39NO3. The SMILES string of the molecule is CCCCCCCCC=CCCCCCCC(CC)C(=O)N(O)O. The number of rotatable bonds is 16. The molecule has 24 heavy (non-hydrogen) atoms. The summed E-state index contributed by atoms with van der Waals surface area (Å²) in [7, 11) is 0. The third-order valence-corrected chi connectivity index (χ3v) is 4.60. The summed E-state index contributed by atoms with van der Waals surface area (Å²) in [6.45, 7) is 4.16. The highest BCUT2D eigenvalue weighted by molar-refractivity contribution is 5.76. The van der Waals surface area contributed by atoms with E-state index in [1.54, 1.807) is 0 Å². The van der Waals surface area contributed by atoms with Crippen LogP contribution in [-0.2, 0) is 4.79 Å². The molecule has 0 aromatic carbocycles. The molecule has 0 bridgehead atoms. The zero-order valence-corrected chi connectivity index (χ0v) is 15.9. The zero-order valence-electron chi connectivity index (χ0n) is 15.9. The minimum atomic E-state index is -0.588. The van der Waals surface area contributed by atoms with Crippen LogP contribution in [-0.4, -0.2) is 21.5 Å². The van der Waals surface area contributed by atoms with Crippen LogP contribution in [0, 0.1) is 5.92 Å². The average molecular weight is 342 g/mol. The zero-order chi connectivity index (χ0) is 18.0. The van der Waals surface area contributed by atoms with Crippen molar-refractivity contribution in [1.29, 1.82) is 0 Å². The normalized spacial score (nSPS) is 12.7. The van der Waals surface area contributed by atoms with Gasteiger partial charge < -0.3 is 0 Å². The fraction of sp³-hybridized carbons (Fsp3) is 0.850. The van der Waals surface area contributed by atoms with Gasteiger partial charge in [0.15, 0.2) is 0 Å². The maximum Gasteiger partial charge on any atom is 0.276 e. The Morgan fingerprint density at radius 3 is 1.83 bits per heavy atom. The van der Waals surface area contributed by atoms with Crippen molar-refractivity contribution < 1.29 is 15.2 Å². The second-order valence-corrected chi connectivity index (χ2v) is 6.75. The largest absolute Gasteiger partial charge is 0.276 e. The number of hydrogen-bond acceptors (Lipinski definition) is 3. The highest BCUT2D eigenvalue weighted by Gasteiger charge is 2.20. The molecule has 0 saturated heterocycles. The topological polar surface area (TPSA) is 60.8 Å². The van der Waals surface area contributed by atoms with Gasteiger partial charge in [-0.3, -0.25) is 15.2 Å². The predicted molar refractivity (Wildman–Crippen MR) is 99.0 cm³/mol. The van der Waals surface area contributed by atoms with Gasteiger partial charge in [-0.1, -0.05) is 82.6 Å². The van der Waals surface area contributed by atoms with E-state index >= 15 is 0 Å². The number of unbranched alkanes of at least 4 members (excludes halogenated alkanes) is 10. The molecule has 1 amide bonds. The molecule has 0 aromatic heterocycles. The number of carbonyl (C=O) groups is 1. The summed E-state index contributed by atoms with van der Waals surface area (Å²) in [5.74, 6) is -0.854. The lowest BCUT2D eigenvalue weighted by molar-refractivity contribution is -0.288. The molecule has 0 radical (unpaired) electrons. The molecule has 0 aromatic rings. The molecule has 0 fully saturated rings. The molecule has 0 spiro atoms. The van der Waals surface area contributed by atoms with Crippen LogP contribution in [0.25, 0.3) is 0 Å². The summed E-state index contributed by atoms with van der Waals surface area (Å²) < 4.78 is 0. The van der Waals surface area contributed by atoms with E-state index in [4.69, 9.17) is 10.4 Å². The van der Waals surface area contributed by atoms with Gasteiger partial charge in [0.25, 0.3) is 5.91 Å². The van der Waals surface area contributed by atoms with Crippen molar-refractivity contribution in [1.82, 2.24) is 5.23 Å². The van der Waals surface area contributed by atoms with Gasteiger partial charge in [0.1, 0.15) is 0 Å². The quantitative estimate of drug-likeness (QED) is 0.151. The Bertz CT molecular complexity index is 316. The molecular weight excluding hydrogens is 302 g/mol. The van der Waals surface area contributed by atoms with E-state index in [9.17, 15) is 4.79 Å². The van der Waals surface area contributed by atoms with Crippen molar-refractivity contribution in [2.75, 3.05) is 0 Å². The third-order valence-electron chi connectivity index (χ3n) is 4.60. The lowest BCUT2D eigenvalue weighted by Gasteiger charge is -2.15. The van der Waals surface area contributed by atoms with Crippen LogP contribution < -0.4 is 0 Å². The molecule has 142 valence electrons. The second-order valence-electron chi connectivity index (χ2n) is 6.75. The highest BCUT2D eigenvalue weighted by Crippen LogP contribution is 2.16. The maximum atomic E-state index is 11.5. The van der Waals surface area contributed by atoms with Crippen LogP contribution in [0.1, 0.15) is 104 Å². The smallest absolute Gasteiger partial charge is 0.270 e. The number of allylic oxidation sites excluding steroid dienone is 2. The predicted octanol–water partition coefficient (Wildman–Crippen LogP) is 6.27. The van der Waals surface area contributed by atoms with Crippen molar-refractivity contribution in [2.24, 2.45) is 5.92 Å². The monoisotopic (exact) mass is 341 g/mol. The lowest BCUT2D eigenvalue weighted by Crippen LogP contribution is -2.30. The summed E-state index contributed by atoms with van der Waals surface area (Å²) in [6.07, 6.45) is 21.0. The van der Waals surface area contributed by atoms with Gasteiger partial charge in [-0.05, 0) is 38.5 Å². The summed E-state index contributed by atoms with van der Waals surface area (Å²) in [5, 5.41) is 17.3. The molecule has 1 atom stereocenters. The number of carbonyl (C=O) groups excluding carboxylic acids is 1. The van der Waals surface area contributed by atoms with Crippen molar-refractivity contribution in [3.8, 4) is 0 Å². The van der Waals surface area contributed by atoms with Gasteiger partial charge in [0.05, 0.1) is 0 Å². The van der Waals surface area contributed by atoms with E-state index in [0.29, 0.717) is 6.42 Å². The Hall–Kier alpha value is -0.870. The minimum absolute atomic E-state index is 0.261. The van der Waals surface area contributed by atoms with Crippen LogP contribution in [0.15, 0.2) is 12.2 Å². The van der Waals surface area contributed by atoms with Crippen molar-refractivity contribution in [3.63, 3.8) is 0 Å². The van der Waals surface area contributed by atoms with E-state index in [2.05, 4.69) is 19.1 Å². The molecule has 2 N–H and O–H groups in total. The van der Waals surface area contributed by atoms with Crippen LogP contribution in [0.4, 0.5) is 0 Å². The van der Waals surface area contributed by atoms with Gasteiger partial charge in [0.2, 0.25) is 0 Å². The fourth-order valence-corrected chi connectivity index (χ4v) is 2.95. The van der Waals surface area contributed by atoms with E-state index < -0.39 is 5.91 Å². The molecule has 0 aliphatic rings. The molecule has 0 saturated carbocycles. The Kier molecular flexibility index (Phi) is 16.4. The minimum Gasteiger partial charge on any atom is -0.270 e. The molecule has 4 heteroatoms. The number of hydrogen-bond donors (Lipinski definition) is 2. The maximum absolute atomic E-state index is 11.5. The van der Waals surface area contributed by atoms with E-state index in [0.717, 1.165) is 25.7 Å². The van der Waals surface area contributed by atoms with Crippen LogP contribution in [0.3, 0.4) is 0 Å². The number of hydroxylamine groups is 2. The molecule has 0 aliphatic heterocycles. The van der Waals surface area contributed by atoms with Gasteiger partial charge in [0, 0.05) is 5.92 Å². The Morgan fingerprint density at radius 1 is 0.833 bits per heavy atom. The first kappa shape index (κ1) is 23.1. The Morgan fingerprint density at radius 2 is 1.33 bits per heavy atom. The summed E-state index contributed by atoms with van der Waals surface area (Å²) in [6, 6.07) is 0. The summed E-state index contributed by atoms with van der Waals surface area (Å²) >= 11 is 0. The number of amides is 1. The van der Waals surface area contributed by atoms with Gasteiger partial charge >= 0.3 is 0 Å². The average Bonchev–Trinajstić information content (AvgIpc) is 2.58. The first-order valence-electron chi connectivity index (χ1n) is 10.00. The lowest BCUT2D eigenvalue weighted by atomic mass is 9.97. The van der Waals surface area contributed by atoms with E-state index in [1.165, 1.54) is 57.8 Å². The van der Waals surface area contributed by atoms with Gasteiger partial charge in [-0.25, -0.2) is 0 Å².